The lowest BCUT2D eigenvalue weighted by Crippen LogP contribution is -2.02. The summed E-state index contributed by atoms with van der Waals surface area (Å²) in [6, 6.07) is 16.8. The zero-order chi connectivity index (χ0) is 41.8. The first-order chi connectivity index (χ1) is 26.4. The molecule has 0 bridgehead atoms. The number of aromatic hydroxyl groups is 2. The Morgan fingerprint density at radius 2 is 0.842 bits per heavy atom. The molecule has 0 saturated carbocycles. The summed E-state index contributed by atoms with van der Waals surface area (Å²) in [5.74, 6) is -1.75. The second-order valence-corrected chi connectivity index (χ2v) is 17.5. The molecule has 0 saturated heterocycles. The van der Waals surface area contributed by atoms with Gasteiger partial charge in [0.15, 0.2) is 11.5 Å². The number of rotatable bonds is 10. The fraction of sp³-hybridized carbons (Fsp3) is 0. The van der Waals surface area contributed by atoms with Crippen LogP contribution in [0.2, 0.25) is 0 Å². The lowest BCUT2D eigenvalue weighted by molar-refractivity contribution is 0.471. The molecule has 0 atom stereocenters. The van der Waals surface area contributed by atoms with Gasteiger partial charge in [-0.05, 0) is 83.6 Å². The first-order valence-corrected chi connectivity index (χ1v) is 21.1. The summed E-state index contributed by atoms with van der Waals surface area (Å²) in [4.78, 5) is -3.33. The standard InChI is InChI=1S/C32H25N7O14S4/c33-23-13-21(54(42,43)44)7-15-9-25(56(48,49)50)29(31(40)27(15)23)38-36-19-5-1-3-17(11-19)35-18-4-2-6-20(12-18)37-39-30-26(57(51,52)53)10-16-8-22(55(45,46)47)14-24(34)28(16)32(30)41/h1-14,35,40-41H,33-34H2,(H,42,43,44)(H,45,46,47)(H,48,49,50)(H,51,52,53). The van der Waals surface area contributed by atoms with E-state index in [4.69, 9.17) is 11.5 Å². The van der Waals surface area contributed by atoms with E-state index in [-0.39, 0.29) is 44.3 Å². The Hall–Kier alpha value is -6.32. The van der Waals surface area contributed by atoms with Crippen molar-refractivity contribution >= 4 is 108 Å². The van der Waals surface area contributed by atoms with Crippen LogP contribution in [0.5, 0.6) is 11.5 Å². The molecule has 0 aromatic heterocycles. The average Bonchev–Trinajstić information content (AvgIpc) is 3.09. The van der Waals surface area contributed by atoms with Crippen molar-refractivity contribution in [3.63, 3.8) is 0 Å². The van der Waals surface area contributed by atoms with Gasteiger partial charge in [0.25, 0.3) is 40.5 Å². The molecule has 0 heterocycles. The van der Waals surface area contributed by atoms with Crippen LogP contribution >= 0.6 is 0 Å². The zero-order valence-corrected chi connectivity index (χ0v) is 31.4. The number of anilines is 4. The molecular weight excluding hydrogens is 835 g/mol. The number of hydrogen-bond acceptors (Lipinski definition) is 17. The van der Waals surface area contributed by atoms with Gasteiger partial charge in [-0.3, -0.25) is 18.2 Å². The Kier molecular flexibility index (Phi) is 10.1. The van der Waals surface area contributed by atoms with Crippen LogP contribution in [0, 0.1) is 0 Å². The van der Waals surface area contributed by atoms with E-state index in [0.717, 1.165) is 36.4 Å². The van der Waals surface area contributed by atoms with Crippen LogP contribution in [0.15, 0.2) is 125 Å². The number of fused-ring (bicyclic) bond motifs is 2. The first-order valence-electron chi connectivity index (χ1n) is 15.3. The van der Waals surface area contributed by atoms with E-state index in [9.17, 15) is 62.1 Å². The van der Waals surface area contributed by atoms with Gasteiger partial charge in [-0.2, -0.15) is 43.9 Å². The molecule has 296 valence electrons. The number of nitrogens with one attached hydrogen (secondary N) is 1. The quantitative estimate of drug-likeness (QED) is 0.0425. The van der Waals surface area contributed by atoms with E-state index >= 15 is 0 Å². The van der Waals surface area contributed by atoms with Gasteiger partial charge in [0, 0.05) is 33.5 Å². The van der Waals surface area contributed by atoms with Gasteiger partial charge in [0.05, 0.1) is 21.2 Å². The molecule has 0 aliphatic heterocycles. The molecule has 0 radical (unpaired) electrons. The molecule has 25 heteroatoms. The van der Waals surface area contributed by atoms with Gasteiger partial charge in [-0.1, -0.05) is 12.1 Å². The highest BCUT2D eigenvalue weighted by Crippen LogP contribution is 2.46. The van der Waals surface area contributed by atoms with Crippen LogP contribution < -0.4 is 16.8 Å². The predicted molar refractivity (Wildman–Crippen MR) is 204 cm³/mol. The fourth-order valence-corrected chi connectivity index (χ4v) is 7.96. The normalized spacial score (nSPS) is 12.9. The molecule has 6 aromatic rings. The summed E-state index contributed by atoms with van der Waals surface area (Å²) in [5, 5.41) is 39.5. The summed E-state index contributed by atoms with van der Waals surface area (Å²) < 4.78 is 134. The Balaban J connectivity index is 1.32. The summed E-state index contributed by atoms with van der Waals surface area (Å²) in [6.07, 6.45) is 0. The number of phenolic OH excluding ortho intramolecular Hbond substituents is 2. The van der Waals surface area contributed by atoms with Crippen molar-refractivity contribution in [2.45, 2.75) is 19.6 Å². The second-order valence-electron chi connectivity index (χ2n) is 11.9. The smallest absolute Gasteiger partial charge is 0.296 e. The Morgan fingerprint density at radius 3 is 1.18 bits per heavy atom. The highest BCUT2D eigenvalue weighted by molar-refractivity contribution is 7.86. The van der Waals surface area contributed by atoms with E-state index in [2.05, 4.69) is 25.8 Å². The minimum atomic E-state index is -5.10. The molecule has 57 heavy (non-hydrogen) atoms. The lowest BCUT2D eigenvalue weighted by atomic mass is 10.1. The van der Waals surface area contributed by atoms with E-state index in [1.54, 1.807) is 12.1 Å². The number of nitrogens with zero attached hydrogens (tertiary/aromatic N) is 4. The molecular formula is C32H25N7O14S4. The molecule has 11 N–H and O–H groups in total. The maximum absolute atomic E-state index is 12.3. The SMILES string of the molecule is Nc1cc(S(=O)(=O)O)cc2cc(S(=O)(=O)O)c(N=Nc3cccc(Nc4cccc(N=Nc5c(S(=O)(=O)O)cc6cc(S(=O)(=O)O)cc(N)c6c5O)c4)c3)c(O)c12. The summed E-state index contributed by atoms with van der Waals surface area (Å²) in [5.41, 5.74) is 10.4. The van der Waals surface area contributed by atoms with Crippen LogP contribution in [0.3, 0.4) is 0 Å². The van der Waals surface area contributed by atoms with Crippen molar-refractivity contribution in [2.24, 2.45) is 20.5 Å². The second kappa shape index (κ2) is 14.3. The van der Waals surface area contributed by atoms with Crippen molar-refractivity contribution in [1.29, 1.82) is 0 Å². The number of nitrogen functional groups attached to an aromatic ring is 2. The minimum absolute atomic E-state index is 0.0822. The monoisotopic (exact) mass is 859 g/mol. The van der Waals surface area contributed by atoms with Crippen LogP contribution in [-0.4, -0.2) is 62.1 Å². The Labute approximate surface area is 321 Å². The van der Waals surface area contributed by atoms with Crippen LogP contribution in [0.1, 0.15) is 0 Å². The molecule has 0 fully saturated rings. The maximum atomic E-state index is 12.3. The molecule has 0 spiro atoms. The molecule has 21 nitrogen and oxygen atoms in total. The summed E-state index contributed by atoms with van der Waals surface area (Å²) in [7, 11) is -19.8. The van der Waals surface area contributed by atoms with E-state index in [1.165, 1.54) is 36.4 Å². The van der Waals surface area contributed by atoms with Gasteiger partial charge >= 0.3 is 0 Å². The van der Waals surface area contributed by atoms with E-state index < -0.39 is 82.9 Å². The van der Waals surface area contributed by atoms with Gasteiger partial charge < -0.3 is 27.0 Å². The third-order valence-electron chi connectivity index (χ3n) is 7.97. The molecule has 0 aliphatic rings. The third kappa shape index (κ3) is 8.44. The largest absolute Gasteiger partial charge is 0.505 e. The highest BCUT2D eigenvalue weighted by Gasteiger charge is 2.26. The van der Waals surface area contributed by atoms with Crippen LogP contribution in [0.4, 0.5) is 45.5 Å². The predicted octanol–water partition coefficient (Wildman–Crippen LogP) is 6.13. The van der Waals surface area contributed by atoms with E-state index in [1.807, 2.05) is 0 Å². The molecule has 0 unspecified atom stereocenters. The van der Waals surface area contributed by atoms with Crippen molar-refractivity contribution in [3.8, 4) is 11.5 Å². The molecule has 6 rings (SSSR count). The van der Waals surface area contributed by atoms with Crippen LogP contribution in [0.25, 0.3) is 21.5 Å². The lowest BCUT2D eigenvalue weighted by Gasteiger charge is -2.12. The first kappa shape index (κ1) is 40.3. The zero-order valence-electron chi connectivity index (χ0n) is 28.1. The number of benzene rings is 6. The average molecular weight is 860 g/mol. The van der Waals surface area contributed by atoms with Crippen molar-refractivity contribution in [3.05, 3.63) is 84.9 Å². The van der Waals surface area contributed by atoms with Gasteiger partial charge in [0.2, 0.25) is 0 Å². The third-order valence-corrected chi connectivity index (χ3v) is 11.4. The number of nitrogens with two attached hydrogens (primary N) is 2. The molecule has 0 aliphatic carbocycles. The van der Waals surface area contributed by atoms with Crippen molar-refractivity contribution in [1.82, 2.24) is 0 Å². The number of azo groups is 2. The molecule has 0 amide bonds. The number of hydrogen-bond donors (Lipinski definition) is 9. The number of phenols is 2. The Morgan fingerprint density at radius 1 is 0.474 bits per heavy atom. The van der Waals surface area contributed by atoms with Gasteiger partial charge in [-0.25, -0.2) is 0 Å². The van der Waals surface area contributed by atoms with Gasteiger partial charge in [-0.15, -0.1) is 10.2 Å². The van der Waals surface area contributed by atoms with Crippen molar-refractivity contribution in [2.75, 3.05) is 16.8 Å². The van der Waals surface area contributed by atoms with Crippen LogP contribution in [-0.2, 0) is 40.5 Å². The highest BCUT2D eigenvalue weighted by atomic mass is 32.2. The fourth-order valence-electron chi connectivity index (χ4n) is 5.54. The van der Waals surface area contributed by atoms with E-state index in [0.29, 0.717) is 11.4 Å². The van der Waals surface area contributed by atoms with Crippen molar-refractivity contribution < 1.29 is 62.1 Å². The maximum Gasteiger partial charge on any atom is 0.296 e. The van der Waals surface area contributed by atoms with Gasteiger partial charge in [0.1, 0.15) is 21.2 Å². The summed E-state index contributed by atoms with van der Waals surface area (Å²) in [6.45, 7) is 0. The summed E-state index contributed by atoms with van der Waals surface area (Å²) >= 11 is 0. The Bertz CT molecular complexity index is 3000. The molecule has 6 aromatic carbocycles. The minimum Gasteiger partial charge on any atom is -0.505 e. The topological polar surface area (TPSA) is 371 Å².